The molecule has 8 nitrogen and oxygen atoms in total. The zero-order valence-corrected chi connectivity index (χ0v) is 13.9. The number of aliphatic hydroxyl groups is 1. The van der Waals surface area contributed by atoms with E-state index >= 15 is 0 Å². The summed E-state index contributed by atoms with van der Waals surface area (Å²) in [5.41, 5.74) is 2.16. The molecule has 0 saturated carbocycles. The first kappa shape index (κ1) is 15.9. The minimum atomic E-state index is -0.664. The van der Waals surface area contributed by atoms with Crippen LogP contribution in [0.4, 0.5) is 5.69 Å². The molecule has 25 heavy (non-hydrogen) atoms. The number of nitrogens with one attached hydrogen (secondary N) is 1. The molecule has 2 fully saturated rings. The lowest BCUT2D eigenvalue weighted by molar-refractivity contribution is -0.135. The topological polar surface area (TPSA) is 96.6 Å². The molecule has 2 amide bonds. The molecule has 1 aromatic heterocycles. The van der Waals surface area contributed by atoms with Crippen LogP contribution in [0, 0.1) is 5.92 Å². The van der Waals surface area contributed by atoms with Crippen molar-refractivity contribution in [2.24, 2.45) is 13.0 Å². The Morgan fingerprint density at radius 3 is 2.64 bits per heavy atom. The van der Waals surface area contributed by atoms with E-state index in [0.29, 0.717) is 17.9 Å². The number of aryl methyl sites for hydroxylation is 1. The van der Waals surface area contributed by atoms with Crippen molar-refractivity contribution in [1.82, 2.24) is 14.5 Å². The predicted octanol–water partition coefficient (Wildman–Crippen LogP) is -0.254. The van der Waals surface area contributed by atoms with Gasteiger partial charge in [0.2, 0.25) is 11.8 Å². The van der Waals surface area contributed by atoms with E-state index in [0.717, 1.165) is 24.3 Å². The number of hydrogen-bond donors (Lipinski definition) is 2. The van der Waals surface area contributed by atoms with Crippen LogP contribution in [-0.4, -0.2) is 45.8 Å². The molecular weight excluding hydrogens is 324 g/mol. The summed E-state index contributed by atoms with van der Waals surface area (Å²) < 4.78 is 3.01. The van der Waals surface area contributed by atoms with Crippen molar-refractivity contribution >= 4 is 28.5 Å². The van der Waals surface area contributed by atoms with Crippen LogP contribution in [0.3, 0.4) is 0 Å². The zero-order valence-electron chi connectivity index (χ0n) is 13.9. The molecule has 1 aromatic carbocycles. The second-order valence-corrected chi connectivity index (χ2v) is 6.81. The number of rotatable bonds is 3. The number of fused-ring (bicyclic) bond motifs is 1. The number of benzene rings is 1. The number of carbonyl (C=O) groups is 2. The van der Waals surface area contributed by atoms with Gasteiger partial charge in [-0.3, -0.25) is 24.0 Å². The van der Waals surface area contributed by atoms with Gasteiger partial charge in [-0.15, -0.1) is 0 Å². The third-order valence-corrected chi connectivity index (χ3v) is 5.18. The molecule has 1 atom stereocenters. The number of nitrogens with zero attached hydrogens (tertiary/aromatic N) is 3. The SMILES string of the molecule is Cn1c(=O)n(C2CCC(=O)NC2=O)c2ccc(N3CC(CO)C3)cc21. The number of aliphatic hydroxyl groups excluding tert-OH is 1. The van der Waals surface area contributed by atoms with Gasteiger partial charge in [-0.05, 0) is 24.6 Å². The third-order valence-electron chi connectivity index (χ3n) is 5.18. The lowest BCUT2D eigenvalue weighted by atomic mass is 10.0. The van der Waals surface area contributed by atoms with Gasteiger partial charge >= 0.3 is 5.69 Å². The standard InChI is InChI=1S/C17H20N4O4/c1-19-14-6-11(20-7-10(8-20)9-22)2-3-12(14)21(17(19)25)13-4-5-15(23)18-16(13)24/h2-3,6,10,13,22H,4-5,7-9H2,1H3,(H,18,23,24). The minimum Gasteiger partial charge on any atom is -0.396 e. The van der Waals surface area contributed by atoms with Gasteiger partial charge in [0.15, 0.2) is 0 Å². The average molecular weight is 344 g/mol. The van der Waals surface area contributed by atoms with Crippen LogP contribution in [0.5, 0.6) is 0 Å². The normalized spacial score (nSPS) is 21.5. The largest absolute Gasteiger partial charge is 0.396 e. The Hall–Kier alpha value is -2.61. The van der Waals surface area contributed by atoms with E-state index in [-0.39, 0.29) is 24.6 Å². The summed E-state index contributed by atoms with van der Waals surface area (Å²) in [6.07, 6.45) is 0.559. The van der Waals surface area contributed by atoms with E-state index in [2.05, 4.69) is 10.2 Å². The van der Waals surface area contributed by atoms with Crippen LogP contribution in [0.2, 0.25) is 0 Å². The Kier molecular flexibility index (Phi) is 3.64. The molecule has 3 heterocycles. The highest BCUT2D eigenvalue weighted by atomic mass is 16.3. The summed E-state index contributed by atoms with van der Waals surface area (Å²) in [7, 11) is 1.68. The molecule has 8 heteroatoms. The Morgan fingerprint density at radius 2 is 1.96 bits per heavy atom. The van der Waals surface area contributed by atoms with E-state index < -0.39 is 11.9 Å². The number of amides is 2. The molecule has 0 spiro atoms. The maximum Gasteiger partial charge on any atom is 0.329 e. The Bertz CT molecular complexity index is 923. The fourth-order valence-electron chi connectivity index (χ4n) is 3.67. The van der Waals surface area contributed by atoms with Crippen LogP contribution in [0.25, 0.3) is 11.0 Å². The fraction of sp³-hybridized carbons (Fsp3) is 0.471. The van der Waals surface area contributed by atoms with E-state index in [1.165, 1.54) is 9.13 Å². The second kappa shape index (κ2) is 5.73. The first-order valence-electron chi connectivity index (χ1n) is 8.40. The Morgan fingerprint density at radius 1 is 1.20 bits per heavy atom. The van der Waals surface area contributed by atoms with E-state index in [9.17, 15) is 14.4 Å². The summed E-state index contributed by atoms with van der Waals surface area (Å²) in [5, 5.41) is 11.5. The molecule has 2 saturated heterocycles. The van der Waals surface area contributed by atoms with E-state index in [1.54, 1.807) is 7.05 Å². The van der Waals surface area contributed by atoms with Crippen LogP contribution in [0.15, 0.2) is 23.0 Å². The van der Waals surface area contributed by atoms with Crippen molar-refractivity contribution in [3.8, 4) is 0 Å². The molecular formula is C17H20N4O4. The minimum absolute atomic E-state index is 0.184. The summed E-state index contributed by atoms with van der Waals surface area (Å²) in [5.74, 6) is -0.427. The van der Waals surface area contributed by atoms with Crippen molar-refractivity contribution in [2.75, 3.05) is 24.6 Å². The maximum atomic E-state index is 12.7. The number of piperidine rings is 1. The fourth-order valence-corrected chi connectivity index (χ4v) is 3.67. The van der Waals surface area contributed by atoms with Crippen LogP contribution >= 0.6 is 0 Å². The van der Waals surface area contributed by atoms with Crippen LogP contribution in [-0.2, 0) is 16.6 Å². The molecule has 0 radical (unpaired) electrons. The summed E-state index contributed by atoms with van der Waals surface area (Å²) >= 11 is 0. The molecule has 0 bridgehead atoms. The second-order valence-electron chi connectivity index (χ2n) is 6.81. The van der Waals surface area contributed by atoms with E-state index in [4.69, 9.17) is 5.11 Å². The van der Waals surface area contributed by atoms with Gasteiger partial charge in [0, 0.05) is 44.8 Å². The quantitative estimate of drug-likeness (QED) is 0.748. The van der Waals surface area contributed by atoms with E-state index in [1.807, 2.05) is 18.2 Å². The van der Waals surface area contributed by atoms with Gasteiger partial charge < -0.3 is 10.0 Å². The monoisotopic (exact) mass is 344 g/mol. The van der Waals surface area contributed by atoms with Crippen molar-refractivity contribution in [3.63, 3.8) is 0 Å². The number of anilines is 1. The smallest absolute Gasteiger partial charge is 0.329 e. The van der Waals surface area contributed by atoms with Crippen LogP contribution in [0.1, 0.15) is 18.9 Å². The van der Waals surface area contributed by atoms with Crippen LogP contribution < -0.4 is 15.9 Å². The highest BCUT2D eigenvalue weighted by Gasteiger charge is 2.32. The summed E-state index contributed by atoms with van der Waals surface area (Å²) in [6.45, 7) is 1.77. The highest BCUT2D eigenvalue weighted by Crippen LogP contribution is 2.29. The zero-order chi connectivity index (χ0) is 17.7. The van der Waals surface area contributed by atoms with Crippen molar-refractivity contribution in [1.29, 1.82) is 0 Å². The molecule has 2 aliphatic rings. The summed E-state index contributed by atoms with van der Waals surface area (Å²) in [4.78, 5) is 38.4. The van der Waals surface area contributed by atoms with Gasteiger partial charge in [0.05, 0.1) is 11.0 Å². The lowest BCUT2D eigenvalue weighted by Gasteiger charge is -2.40. The molecule has 2 aliphatic heterocycles. The molecule has 0 aliphatic carbocycles. The van der Waals surface area contributed by atoms with Crippen molar-refractivity contribution in [2.45, 2.75) is 18.9 Å². The van der Waals surface area contributed by atoms with Crippen molar-refractivity contribution in [3.05, 3.63) is 28.7 Å². The average Bonchev–Trinajstić information content (AvgIpc) is 2.79. The highest BCUT2D eigenvalue weighted by molar-refractivity contribution is 6.00. The van der Waals surface area contributed by atoms with Gasteiger partial charge in [-0.25, -0.2) is 4.79 Å². The number of carbonyl (C=O) groups excluding carboxylic acids is 2. The Balaban J connectivity index is 1.74. The number of hydrogen-bond acceptors (Lipinski definition) is 5. The molecule has 1 unspecified atom stereocenters. The van der Waals surface area contributed by atoms with Crippen molar-refractivity contribution < 1.29 is 14.7 Å². The molecule has 132 valence electrons. The third kappa shape index (κ3) is 2.44. The lowest BCUT2D eigenvalue weighted by Crippen LogP contribution is -2.48. The van der Waals surface area contributed by atoms with Gasteiger partial charge in [0.25, 0.3) is 0 Å². The predicted molar refractivity (Wildman–Crippen MR) is 91.4 cm³/mol. The molecule has 4 rings (SSSR count). The molecule has 2 N–H and O–H groups in total. The number of aromatic nitrogens is 2. The first-order chi connectivity index (χ1) is 12.0. The number of imidazole rings is 1. The van der Waals surface area contributed by atoms with Gasteiger partial charge in [-0.2, -0.15) is 0 Å². The first-order valence-corrected chi connectivity index (χ1v) is 8.40. The number of imide groups is 1. The summed E-state index contributed by atoms with van der Waals surface area (Å²) in [6, 6.07) is 5.05. The van der Waals surface area contributed by atoms with Gasteiger partial charge in [-0.1, -0.05) is 0 Å². The molecule has 2 aromatic rings. The maximum absolute atomic E-state index is 12.7. The Labute approximate surface area is 143 Å². The van der Waals surface area contributed by atoms with Gasteiger partial charge in [0.1, 0.15) is 6.04 Å².